The lowest BCUT2D eigenvalue weighted by molar-refractivity contribution is -0.168. The van der Waals surface area contributed by atoms with Crippen molar-refractivity contribution in [2.45, 2.75) is 12.4 Å². The lowest BCUT2D eigenvalue weighted by atomic mass is 10.5. The summed E-state index contributed by atoms with van der Waals surface area (Å²) in [6.45, 7) is -3.38. The summed E-state index contributed by atoms with van der Waals surface area (Å²) in [6, 6.07) is 0. The van der Waals surface area contributed by atoms with Crippen molar-refractivity contribution in [1.29, 1.82) is 0 Å². The fourth-order valence-corrected chi connectivity index (χ4v) is 1.15. The lowest BCUT2D eigenvalue weighted by Gasteiger charge is -2.13. The molecule has 0 spiro atoms. The average Bonchev–Trinajstić information content (AvgIpc) is 2.82. The van der Waals surface area contributed by atoms with Crippen LogP contribution in [0, 0.1) is 0 Å². The lowest BCUT2D eigenvalue weighted by Crippen LogP contribution is -2.22. The van der Waals surface area contributed by atoms with Crippen molar-refractivity contribution in [3.63, 3.8) is 0 Å². The fraction of sp³-hybridized carbons (Fsp3) is 0.500. The van der Waals surface area contributed by atoms with Crippen LogP contribution in [0.2, 0.25) is 0 Å². The maximum atomic E-state index is 12.0. The van der Waals surface area contributed by atoms with Gasteiger partial charge in [-0.25, -0.2) is 15.6 Å². The summed E-state index contributed by atoms with van der Waals surface area (Å²) in [5.41, 5.74) is 3.11. The molecule has 2 aromatic rings. The minimum absolute atomic E-state index is 0.218. The molecule has 9 nitrogen and oxygen atoms in total. The largest absolute Gasteiger partial charge is 0.414 e. The van der Waals surface area contributed by atoms with Gasteiger partial charge in [0.25, 0.3) is 0 Å². The van der Waals surface area contributed by atoms with Crippen molar-refractivity contribution in [2.75, 3.05) is 24.2 Å². The Morgan fingerprint density at radius 2 is 1.17 bits per heavy atom. The number of anilines is 2. The van der Waals surface area contributed by atoms with Gasteiger partial charge in [0.15, 0.2) is 24.8 Å². The third-order valence-electron chi connectivity index (χ3n) is 1.92. The average molecular weight is 348 g/mol. The molecule has 0 aromatic carbocycles. The summed E-state index contributed by atoms with van der Waals surface area (Å²) in [5.74, 6) is -1.03. The Balaban J connectivity index is 2.10. The number of aromatic nitrogens is 4. The second kappa shape index (κ2) is 6.37. The standard InChI is InChI=1S/C8H6F6N6O3/c9-7(10,11)1-21-17-3-4(18-22-2-8(12,13)14)16-6-5(15-3)19-23-20-6/h1-2H2,(H,15,17,19)(H,16,18,20). The van der Waals surface area contributed by atoms with E-state index in [9.17, 15) is 26.3 Å². The zero-order valence-corrected chi connectivity index (χ0v) is 10.7. The topological polar surface area (TPSA) is 107 Å². The molecule has 2 N–H and O–H groups in total. The van der Waals surface area contributed by atoms with E-state index in [0.29, 0.717) is 0 Å². The summed E-state index contributed by atoms with van der Waals surface area (Å²) >= 11 is 0. The smallest absolute Gasteiger partial charge is 0.265 e. The number of hydrogen-bond acceptors (Lipinski definition) is 9. The minimum atomic E-state index is -4.64. The Labute approximate surface area is 121 Å². The Morgan fingerprint density at radius 3 is 1.52 bits per heavy atom. The number of nitrogens with zero attached hydrogens (tertiary/aromatic N) is 4. The van der Waals surface area contributed by atoms with Crippen molar-refractivity contribution in [3.8, 4) is 0 Å². The van der Waals surface area contributed by atoms with Gasteiger partial charge in [0, 0.05) is 0 Å². The predicted molar refractivity (Wildman–Crippen MR) is 58.7 cm³/mol. The molecule has 0 fully saturated rings. The summed E-state index contributed by atoms with van der Waals surface area (Å²) in [5, 5.41) is 6.54. The molecule has 23 heavy (non-hydrogen) atoms. The van der Waals surface area contributed by atoms with Gasteiger partial charge >= 0.3 is 12.4 Å². The summed E-state index contributed by atoms with van der Waals surface area (Å²) in [6.07, 6.45) is -9.28. The van der Waals surface area contributed by atoms with E-state index in [1.165, 1.54) is 0 Å². The zero-order chi connectivity index (χ0) is 17.1. The predicted octanol–water partition coefficient (Wildman–Crippen LogP) is 1.82. The second-order valence-electron chi connectivity index (χ2n) is 3.84. The first-order valence-electron chi connectivity index (χ1n) is 5.53. The maximum absolute atomic E-state index is 12.0. The van der Waals surface area contributed by atoms with Crippen LogP contribution in [0.25, 0.3) is 11.3 Å². The van der Waals surface area contributed by atoms with Crippen LogP contribution >= 0.6 is 0 Å². The van der Waals surface area contributed by atoms with Gasteiger partial charge in [0.2, 0.25) is 11.3 Å². The van der Waals surface area contributed by atoms with E-state index in [1.54, 1.807) is 11.0 Å². The molecule has 0 unspecified atom stereocenters. The van der Waals surface area contributed by atoms with Gasteiger partial charge in [0.05, 0.1) is 0 Å². The Morgan fingerprint density at radius 1 is 0.783 bits per heavy atom. The van der Waals surface area contributed by atoms with Crippen LogP contribution < -0.4 is 11.0 Å². The number of rotatable bonds is 6. The molecule has 0 aliphatic carbocycles. The van der Waals surface area contributed by atoms with Gasteiger partial charge in [-0.2, -0.15) is 36.3 Å². The molecule has 0 saturated carbocycles. The van der Waals surface area contributed by atoms with Gasteiger partial charge in [-0.05, 0) is 10.3 Å². The van der Waals surface area contributed by atoms with E-state index >= 15 is 0 Å². The number of alkyl halides is 6. The van der Waals surface area contributed by atoms with Crippen LogP contribution in [0.5, 0.6) is 0 Å². The fourth-order valence-electron chi connectivity index (χ4n) is 1.15. The molecule has 2 rings (SSSR count). The first-order chi connectivity index (χ1) is 10.6. The number of nitrogens with one attached hydrogen (secondary N) is 2. The molecule has 0 radical (unpaired) electrons. The molecule has 0 atom stereocenters. The minimum Gasteiger partial charge on any atom is -0.265 e. The van der Waals surface area contributed by atoms with Crippen LogP contribution in [0.1, 0.15) is 0 Å². The number of hydrogen-bond donors (Lipinski definition) is 2. The van der Waals surface area contributed by atoms with E-state index in [2.05, 4.69) is 34.6 Å². The first-order valence-corrected chi connectivity index (χ1v) is 5.53. The van der Waals surface area contributed by atoms with Crippen LogP contribution in [-0.2, 0) is 9.68 Å². The summed E-state index contributed by atoms with van der Waals surface area (Å²) < 4.78 is 76.2. The number of halogens is 6. The molecule has 15 heteroatoms. The zero-order valence-electron chi connectivity index (χ0n) is 10.7. The van der Waals surface area contributed by atoms with Crippen LogP contribution in [-0.4, -0.2) is 45.8 Å². The SMILES string of the molecule is FC(F)(F)CONc1nc2nonc2nc1NOCC(F)(F)F. The molecular weight excluding hydrogens is 342 g/mol. The van der Waals surface area contributed by atoms with Gasteiger partial charge in [-0.1, -0.05) is 0 Å². The maximum Gasteiger partial charge on any atom is 0.414 e. The van der Waals surface area contributed by atoms with Gasteiger partial charge in [-0.15, -0.1) is 0 Å². The monoisotopic (exact) mass is 348 g/mol. The third-order valence-corrected chi connectivity index (χ3v) is 1.92. The highest BCUT2D eigenvalue weighted by Gasteiger charge is 2.29. The second-order valence-corrected chi connectivity index (χ2v) is 3.84. The summed E-state index contributed by atoms with van der Waals surface area (Å²) in [4.78, 5) is 15.5. The Bertz CT molecular complexity index is 604. The van der Waals surface area contributed by atoms with E-state index < -0.39 is 37.2 Å². The van der Waals surface area contributed by atoms with Crippen molar-refractivity contribution in [2.24, 2.45) is 0 Å². The quantitative estimate of drug-likeness (QED) is 0.597. The van der Waals surface area contributed by atoms with Gasteiger partial charge in [-0.3, -0.25) is 9.68 Å². The Kier molecular flexibility index (Phi) is 4.69. The molecule has 2 heterocycles. The molecule has 0 amide bonds. The molecular formula is C8H6F6N6O3. The van der Waals surface area contributed by atoms with E-state index in [0.717, 1.165) is 0 Å². The van der Waals surface area contributed by atoms with Crippen LogP contribution in [0.15, 0.2) is 4.63 Å². The van der Waals surface area contributed by atoms with Crippen LogP contribution in [0.4, 0.5) is 38.0 Å². The van der Waals surface area contributed by atoms with Crippen molar-refractivity contribution in [1.82, 2.24) is 20.3 Å². The Hall–Kier alpha value is -2.42. The molecule has 128 valence electrons. The molecule has 2 aromatic heterocycles. The van der Waals surface area contributed by atoms with E-state index in [1.807, 2.05) is 0 Å². The van der Waals surface area contributed by atoms with Crippen molar-refractivity contribution < 1.29 is 40.6 Å². The summed E-state index contributed by atoms with van der Waals surface area (Å²) in [7, 11) is 0. The first kappa shape index (κ1) is 16.9. The molecule has 0 bridgehead atoms. The van der Waals surface area contributed by atoms with Crippen LogP contribution in [0.3, 0.4) is 0 Å². The highest BCUT2D eigenvalue weighted by Crippen LogP contribution is 2.22. The van der Waals surface area contributed by atoms with E-state index in [-0.39, 0.29) is 11.3 Å². The van der Waals surface area contributed by atoms with Gasteiger partial charge < -0.3 is 0 Å². The molecule has 0 aliphatic rings. The molecule has 0 saturated heterocycles. The van der Waals surface area contributed by atoms with Crippen molar-refractivity contribution >= 4 is 22.9 Å². The van der Waals surface area contributed by atoms with E-state index in [4.69, 9.17) is 0 Å². The molecule has 0 aliphatic heterocycles. The highest BCUT2D eigenvalue weighted by atomic mass is 19.4. The highest BCUT2D eigenvalue weighted by molar-refractivity contribution is 5.72. The normalized spacial score (nSPS) is 12.6. The number of fused-ring (bicyclic) bond motifs is 1. The van der Waals surface area contributed by atoms with Gasteiger partial charge in [0.1, 0.15) is 0 Å². The third kappa shape index (κ3) is 5.37. The van der Waals surface area contributed by atoms with Crippen molar-refractivity contribution in [3.05, 3.63) is 0 Å².